The van der Waals surface area contributed by atoms with Gasteiger partial charge < -0.3 is 38.0 Å². The minimum atomic E-state index is -3.89. The Balaban J connectivity index is 0.000000201. The predicted octanol–water partition coefficient (Wildman–Crippen LogP) is 6.69. The summed E-state index contributed by atoms with van der Waals surface area (Å²) < 4.78 is 90.1. The topological polar surface area (TPSA) is 259 Å². The normalized spacial score (nSPS) is 13.6. The van der Waals surface area contributed by atoms with E-state index < -0.39 is 53.9 Å². The maximum atomic E-state index is 13.3. The number of aliphatic hydroxyl groups is 2. The first-order valence-corrected chi connectivity index (χ1v) is 25.8. The van der Waals surface area contributed by atoms with Crippen molar-refractivity contribution < 1.29 is 54.8 Å². The van der Waals surface area contributed by atoms with Gasteiger partial charge in [-0.3, -0.25) is 9.13 Å². The molecule has 0 bridgehead atoms. The van der Waals surface area contributed by atoms with E-state index in [0.717, 1.165) is 0 Å². The minimum absolute atomic E-state index is 0.115. The lowest BCUT2D eigenvalue weighted by Crippen LogP contribution is -2.28. The lowest BCUT2D eigenvalue weighted by atomic mass is 10.2. The van der Waals surface area contributed by atoms with E-state index in [-0.39, 0.29) is 23.3 Å². The molecule has 2 N–H and O–H groups in total. The van der Waals surface area contributed by atoms with E-state index in [1.54, 1.807) is 105 Å². The summed E-state index contributed by atoms with van der Waals surface area (Å²) in [6, 6.07) is 17.4. The monoisotopic (exact) mass is 1010 g/mol. The average molecular weight is 1010 g/mol. The lowest BCUT2D eigenvalue weighted by molar-refractivity contribution is 0.171. The van der Waals surface area contributed by atoms with Crippen molar-refractivity contribution in [2.75, 3.05) is 28.4 Å². The van der Waals surface area contributed by atoms with Gasteiger partial charge in [-0.15, -0.1) is 43.1 Å². The first kappa shape index (κ1) is 49.5. The highest BCUT2D eigenvalue weighted by Gasteiger charge is 2.36. The van der Waals surface area contributed by atoms with Crippen LogP contribution < -0.4 is 18.9 Å². The Morgan fingerprint density at radius 2 is 0.926 bits per heavy atom. The van der Waals surface area contributed by atoms with Crippen LogP contribution in [0, 0.1) is 13.8 Å². The molecule has 68 heavy (non-hydrogen) atoms. The van der Waals surface area contributed by atoms with Gasteiger partial charge >= 0.3 is 0 Å². The molecular weight excluding hydrogens is 961 g/mol. The van der Waals surface area contributed by atoms with E-state index in [0.29, 0.717) is 68.8 Å². The average Bonchev–Trinajstić information content (AvgIpc) is 4.20. The van der Waals surface area contributed by atoms with Crippen LogP contribution in [-0.4, -0.2) is 105 Å². The Kier molecular flexibility index (Phi) is 15.2. The van der Waals surface area contributed by atoms with Gasteiger partial charge in [0.2, 0.25) is 11.6 Å². The molecule has 0 spiro atoms. The molecule has 0 saturated carbocycles. The van der Waals surface area contributed by atoms with Crippen LogP contribution in [0.1, 0.15) is 60.6 Å². The fourth-order valence-electron chi connectivity index (χ4n) is 7.06. The van der Waals surface area contributed by atoms with Crippen LogP contribution in [0.2, 0.25) is 0 Å². The fourth-order valence-corrected chi connectivity index (χ4v) is 10.9. The quantitative estimate of drug-likeness (QED) is 0.0907. The molecule has 8 aromatic rings. The predicted molar refractivity (Wildman–Crippen MR) is 252 cm³/mol. The van der Waals surface area contributed by atoms with E-state index in [4.69, 9.17) is 27.8 Å². The van der Waals surface area contributed by atoms with Gasteiger partial charge in [0.1, 0.15) is 69.6 Å². The van der Waals surface area contributed by atoms with E-state index >= 15 is 0 Å². The second kappa shape index (κ2) is 20.8. The SMILES string of the molecule is COc1cccc(OC)c1-n1c(CS(=O)(=O)[C@@H](C)[C@@H](O)c2cscn2)nnc1-c1ccc(C)o1.COc1cccc(OC)c1-n1c(CS(=O)(=O)[C@H](C)[C@H](O)c2cscn2)nnc1-c1ccc(C)o1. The molecule has 24 heteroatoms. The van der Waals surface area contributed by atoms with Crippen molar-refractivity contribution in [3.8, 4) is 57.5 Å². The summed E-state index contributed by atoms with van der Waals surface area (Å²) in [6.07, 6.45) is -2.55. The largest absolute Gasteiger partial charge is 0.494 e. The zero-order valence-electron chi connectivity index (χ0n) is 38.0. The van der Waals surface area contributed by atoms with E-state index in [2.05, 4.69) is 30.4 Å². The third kappa shape index (κ3) is 10.2. The molecule has 0 saturated heterocycles. The highest BCUT2D eigenvalue weighted by Crippen LogP contribution is 2.39. The molecule has 20 nitrogen and oxygen atoms in total. The minimum Gasteiger partial charge on any atom is -0.494 e. The van der Waals surface area contributed by atoms with Gasteiger partial charge in [-0.1, -0.05) is 12.1 Å². The number of aliphatic hydroxyl groups excluding tert-OH is 2. The van der Waals surface area contributed by atoms with Crippen molar-refractivity contribution in [3.63, 3.8) is 0 Å². The molecule has 6 heterocycles. The molecule has 360 valence electrons. The maximum Gasteiger partial charge on any atom is 0.204 e. The molecule has 0 unspecified atom stereocenters. The standard InChI is InChI=1S/2C22H24N4O6S2/c2*1-13-8-9-18(32-13)22-25-24-19(26(22)20-16(30-3)6-5-7-17(20)31-4)11-34(28,29)14(2)21(27)15-10-33-12-23-15/h2*5-10,12,14,21,27H,11H2,1-4H3/t2*14-,21+/m10/s1. The van der Waals surface area contributed by atoms with Crippen molar-refractivity contribution in [2.24, 2.45) is 0 Å². The van der Waals surface area contributed by atoms with Gasteiger partial charge in [0.05, 0.1) is 61.3 Å². The Morgan fingerprint density at radius 1 is 0.574 bits per heavy atom. The number of rotatable bonds is 18. The number of furan rings is 2. The molecule has 8 rings (SSSR count). The first-order valence-electron chi connectivity index (χ1n) is 20.5. The number of hydrogen-bond acceptors (Lipinski definition) is 20. The van der Waals surface area contributed by atoms with Gasteiger partial charge in [-0.2, -0.15) is 0 Å². The number of hydrogen-bond donors (Lipinski definition) is 2. The number of thiazole rings is 2. The number of benzene rings is 2. The third-order valence-corrected chi connectivity index (χ3v) is 16.1. The summed E-state index contributed by atoms with van der Waals surface area (Å²) in [6.45, 7) is 6.47. The smallest absolute Gasteiger partial charge is 0.204 e. The highest BCUT2D eigenvalue weighted by atomic mass is 32.2. The van der Waals surface area contributed by atoms with E-state index in [1.165, 1.54) is 65.0 Å². The second-order valence-electron chi connectivity index (χ2n) is 15.1. The number of aryl methyl sites for hydroxylation is 2. The summed E-state index contributed by atoms with van der Waals surface area (Å²) in [5.74, 6) is 3.64. The van der Waals surface area contributed by atoms with Gasteiger partial charge in [-0.25, -0.2) is 26.8 Å². The summed E-state index contributed by atoms with van der Waals surface area (Å²) in [7, 11) is -1.78. The zero-order valence-corrected chi connectivity index (χ0v) is 41.3. The number of methoxy groups -OCH3 is 4. The van der Waals surface area contributed by atoms with Crippen LogP contribution in [0.3, 0.4) is 0 Å². The Morgan fingerprint density at radius 3 is 1.21 bits per heavy atom. The molecule has 0 aliphatic carbocycles. The second-order valence-corrected chi connectivity index (χ2v) is 21.3. The number of nitrogens with zero attached hydrogens (tertiary/aromatic N) is 8. The van der Waals surface area contributed by atoms with Crippen molar-refractivity contribution in [1.29, 1.82) is 0 Å². The summed E-state index contributed by atoms with van der Waals surface area (Å²) in [5, 5.41) is 39.0. The molecular formula is C44H48N8O12S4. The highest BCUT2D eigenvalue weighted by molar-refractivity contribution is 7.91. The molecule has 0 aliphatic rings. The molecule has 0 fully saturated rings. The number of aromatic nitrogens is 8. The van der Waals surface area contributed by atoms with Crippen LogP contribution in [0.25, 0.3) is 34.5 Å². The Hall–Kier alpha value is -6.44. The molecule has 0 radical (unpaired) electrons. The lowest BCUT2D eigenvalue weighted by Gasteiger charge is -2.19. The van der Waals surface area contributed by atoms with Crippen LogP contribution in [0.4, 0.5) is 0 Å². The molecule has 6 aromatic heterocycles. The molecule has 4 atom stereocenters. The molecule has 2 aromatic carbocycles. The van der Waals surface area contributed by atoms with Crippen molar-refractivity contribution in [2.45, 2.75) is 61.9 Å². The van der Waals surface area contributed by atoms with E-state index in [9.17, 15) is 27.0 Å². The number of sulfone groups is 2. The summed E-state index contributed by atoms with van der Waals surface area (Å²) in [4.78, 5) is 8.08. The zero-order chi connectivity index (χ0) is 48.9. The number of para-hydroxylation sites is 2. The summed E-state index contributed by atoms with van der Waals surface area (Å²) in [5.41, 5.74) is 4.56. The molecule has 0 aliphatic heterocycles. The van der Waals surface area contributed by atoms with Gasteiger partial charge in [0.25, 0.3) is 0 Å². The summed E-state index contributed by atoms with van der Waals surface area (Å²) >= 11 is 2.56. The van der Waals surface area contributed by atoms with Crippen LogP contribution in [0.15, 0.2) is 91.3 Å². The third-order valence-electron chi connectivity index (χ3n) is 10.8. The van der Waals surface area contributed by atoms with Crippen LogP contribution >= 0.6 is 22.7 Å². The molecule has 0 amide bonds. The van der Waals surface area contributed by atoms with Crippen LogP contribution in [0.5, 0.6) is 23.0 Å². The Labute approximate surface area is 399 Å². The van der Waals surface area contributed by atoms with Crippen LogP contribution in [-0.2, 0) is 31.2 Å². The van der Waals surface area contributed by atoms with Crippen molar-refractivity contribution in [1.82, 2.24) is 39.5 Å². The fraction of sp³-hybridized carbons (Fsp3) is 0.318. The van der Waals surface area contributed by atoms with E-state index in [1.807, 2.05) is 0 Å². The van der Waals surface area contributed by atoms with Gasteiger partial charge in [0.15, 0.2) is 42.8 Å². The number of ether oxygens (including phenoxy) is 4. The van der Waals surface area contributed by atoms with Crippen molar-refractivity contribution in [3.05, 3.63) is 117 Å². The van der Waals surface area contributed by atoms with Crippen molar-refractivity contribution >= 4 is 42.3 Å². The first-order chi connectivity index (χ1) is 32.5. The Bertz CT molecular complexity index is 2920. The maximum absolute atomic E-state index is 13.3. The van der Waals surface area contributed by atoms with Gasteiger partial charge in [0, 0.05) is 10.8 Å². The van der Waals surface area contributed by atoms with Gasteiger partial charge in [-0.05, 0) is 76.2 Å².